The van der Waals surface area contributed by atoms with Crippen LogP contribution in [0.5, 0.6) is 0 Å². The minimum absolute atomic E-state index is 0.968. The molecule has 114 valence electrons. The van der Waals surface area contributed by atoms with Crippen molar-refractivity contribution in [2.75, 3.05) is 6.54 Å². The Bertz CT molecular complexity index is 395. The lowest BCUT2D eigenvalue weighted by atomic mass is 10.1. The molecule has 1 aliphatic rings. The molecule has 0 radical (unpaired) electrons. The third kappa shape index (κ3) is 4.08. The molecule has 20 heavy (non-hydrogen) atoms. The zero-order valence-corrected chi connectivity index (χ0v) is 13.4. The minimum Gasteiger partial charge on any atom is -0.332 e. The van der Waals surface area contributed by atoms with E-state index in [0.29, 0.717) is 0 Å². The molecule has 0 unspecified atom stereocenters. The molecule has 3 nitrogen and oxygen atoms in total. The lowest BCUT2D eigenvalue weighted by Gasteiger charge is -2.16. The van der Waals surface area contributed by atoms with Crippen LogP contribution in [-0.2, 0) is 25.9 Å². The van der Waals surface area contributed by atoms with Crippen LogP contribution in [0.2, 0.25) is 0 Å². The molecule has 2 heterocycles. The molecule has 3 heteroatoms. The SMILES string of the molecule is CCCCCCCCn1c(CCC)nc2c1CCNC2. The second-order valence-electron chi connectivity index (χ2n) is 6.02. The second-order valence-corrected chi connectivity index (χ2v) is 6.02. The summed E-state index contributed by atoms with van der Waals surface area (Å²) in [5.74, 6) is 1.33. The van der Waals surface area contributed by atoms with Crippen LogP contribution < -0.4 is 5.32 Å². The maximum absolute atomic E-state index is 4.87. The van der Waals surface area contributed by atoms with Crippen molar-refractivity contribution in [1.29, 1.82) is 0 Å². The Morgan fingerprint density at radius 3 is 2.65 bits per heavy atom. The molecular formula is C17H31N3. The Morgan fingerprint density at radius 1 is 1.05 bits per heavy atom. The molecule has 1 aromatic heterocycles. The smallest absolute Gasteiger partial charge is 0.109 e. The van der Waals surface area contributed by atoms with Gasteiger partial charge in [0.25, 0.3) is 0 Å². The first-order chi connectivity index (χ1) is 9.86. The third-order valence-corrected chi connectivity index (χ3v) is 4.27. The van der Waals surface area contributed by atoms with Crippen LogP contribution in [0.25, 0.3) is 0 Å². The molecule has 2 rings (SSSR count). The number of imidazole rings is 1. The molecule has 0 fully saturated rings. The third-order valence-electron chi connectivity index (χ3n) is 4.27. The number of nitrogens with zero attached hydrogens (tertiary/aromatic N) is 2. The molecule has 1 aliphatic heterocycles. The van der Waals surface area contributed by atoms with Crippen molar-refractivity contribution in [2.24, 2.45) is 0 Å². The van der Waals surface area contributed by atoms with E-state index in [1.807, 2.05) is 0 Å². The predicted molar refractivity (Wildman–Crippen MR) is 85.0 cm³/mol. The molecule has 0 aliphatic carbocycles. The van der Waals surface area contributed by atoms with E-state index in [9.17, 15) is 0 Å². The van der Waals surface area contributed by atoms with Crippen LogP contribution >= 0.6 is 0 Å². The molecule has 0 spiro atoms. The number of fused-ring (bicyclic) bond motifs is 1. The number of hydrogen-bond acceptors (Lipinski definition) is 2. The van der Waals surface area contributed by atoms with Crippen molar-refractivity contribution in [3.05, 3.63) is 17.2 Å². The number of rotatable bonds is 9. The van der Waals surface area contributed by atoms with Gasteiger partial charge in [-0.1, -0.05) is 46.0 Å². The van der Waals surface area contributed by atoms with Gasteiger partial charge < -0.3 is 9.88 Å². The first-order valence-corrected chi connectivity index (χ1v) is 8.64. The van der Waals surface area contributed by atoms with Gasteiger partial charge in [-0.15, -0.1) is 0 Å². The van der Waals surface area contributed by atoms with Gasteiger partial charge in [0.15, 0.2) is 0 Å². The average Bonchev–Trinajstić information content (AvgIpc) is 2.81. The fraction of sp³-hybridized carbons (Fsp3) is 0.824. The van der Waals surface area contributed by atoms with Gasteiger partial charge in [0, 0.05) is 38.2 Å². The highest BCUT2D eigenvalue weighted by Crippen LogP contribution is 2.18. The molecule has 1 aromatic rings. The number of nitrogens with one attached hydrogen (secondary N) is 1. The van der Waals surface area contributed by atoms with Gasteiger partial charge in [0.05, 0.1) is 5.69 Å². The van der Waals surface area contributed by atoms with Gasteiger partial charge in [-0.3, -0.25) is 0 Å². The van der Waals surface area contributed by atoms with Crippen LogP contribution in [0, 0.1) is 0 Å². The van der Waals surface area contributed by atoms with Gasteiger partial charge in [0.2, 0.25) is 0 Å². The predicted octanol–water partition coefficient (Wildman–Crippen LogP) is 3.84. The van der Waals surface area contributed by atoms with Crippen molar-refractivity contribution < 1.29 is 0 Å². The van der Waals surface area contributed by atoms with E-state index in [1.165, 1.54) is 68.7 Å². The van der Waals surface area contributed by atoms with Crippen molar-refractivity contribution in [2.45, 2.75) is 84.7 Å². The van der Waals surface area contributed by atoms with E-state index >= 15 is 0 Å². The molecule has 0 saturated carbocycles. The first kappa shape index (κ1) is 15.6. The van der Waals surface area contributed by atoms with Crippen LogP contribution in [0.1, 0.15) is 76.0 Å². The molecule has 0 atom stereocenters. The van der Waals surface area contributed by atoms with E-state index in [2.05, 4.69) is 23.7 Å². The van der Waals surface area contributed by atoms with Gasteiger partial charge in [0.1, 0.15) is 5.82 Å². The van der Waals surface area contributed by atoms with Crippen LogP contribution in [0.3, 0.4) is 0 Å². The van der Waals surface area contributed by atoms with Crippen LogP contribution in [0.15, 0.2) is 0 Å². The minimum atomic E-state index is 0.968. The Kier molecular flexibility index (Phi) is 6.58. The molecule has 0 bridgehead atoms. The summed E-state index contributed by atoms with van der Waals surface area (Å²) in [6.07, 6.45) is 11.7. The van der Waals surface area contributed by atoms with E-state index in [0.717, 1.165) is 25.9 Å². The Morgan fingerprint density at radius 2 is 1.85 bits per heavy atom. The van der Waals surface area contributed by atoms with Crippen molar-refractivity contribution in [1.82, 2.24) is 14.9 Å². The zero-order chi connectivity index (χ0) is 14.2. The van der Waals surface area contributed by atoms with Gasteiger partial charge in [-0.05, 0) is 12.8 Å². The Hall–Kier alpha value is -0.830. The standard InChI is InChI=1S/C17H31N3/c1-3-5-6-7-8-9-13-20-16-11-12-18-14-15(16)19-17(20)10-4-2/h18H,3-14H2,1-2H3. The molecule has 0 aromatic carbocycles. The summed E-state index contributed by atoms with van der Waals surface area (Å²) < 4.78 is 2.54. The quantitative estimate of drug-likeness (QED) is 0.695. The van der Waals surface area contributed by atoms with E-state index in [-0.39, 0.29) is 0 Å². The average molecular weight is 277 g/mol. The maximum atomic E-state index is 4.87. The summed E-state index contributed by atoms with van der Waals surface area (Å²) in [4.78, 5) is 4.87. The molecular weight excluding hydrogens is 246 g/mol. The van der Waals surface area contributed by atoms with Crippen LogP contribution in [-0.4, -0.2) is 16.1 Å². The van der Waals surface area contributed by atoms with Crippen molar-refractivity contribution in [3.8, 4) is 0 Å². The fourth-order valence-corrected chi connectivity index (χ4v) is 3.16. The molecule has 0 amide bonds. The largest absolute Gasteiger partial charge is 0.332 e. The topological polar surface area (TPSA) is 29.9 Å². The van der Waals surface area contributed by atoms with Gasteiger partial charge in [-0.2, -0.15) is 0 Å². The summed E-state index contributed by atoms with van der Waals surface area (Å²) in [5, 5.41) is 3.44. The highest BCUT2D eigenvalue weighted by atomic mass is 15.1. The first-order valence-electron chi connectivity index (χ1n) is 8.64. The number of hydrogen-bond donors (Lipinski definition) is 1. The van der Waals surface area contributed by atoms with Gasteiger partial charge >= 0.3 is 0 Å². The summed E-state index contributed by atoms with van der Waals surface area (Å²) >= 11 is 0. The Labute approximate surface area is 124 Å². The normalized spacial score (nSPS) is 14.5. The van der Waals surface area contributed by atoms with Crippen molar-refractivity contribution >= 4 is 0 Å². The van der Waals surface area contributed by atoms with Crippen molar-refractivity contribution in [3.63, 3.8) is 0 Å². The monoisotopic (exact) mass is 277 g/mol. The fourth-order valence-electron chi connectivity index (χ4n) is 3.16. The number of unbranched alkanes of at least 4 members (excludes halogenated alkanes) is 5. The summed E-state index contributed by atoms with van der Waals surface area (Å²) in [7, 11) is 0. The second kappa shape index (κ2) is 8.46. The molecule has 1 N–H and O–H groups in total. The van der Waals surface area contributed by atoms with E-state index in [1.54, 1.807) is 0 Å². The molecule has 0 saturated heterocycles. The van der Waals surface area contributed by atoms with Gasteiger partial charge in [-0.25, -0.2) is 4.98 Å². The summed E-state index contributed by atoms with van der Waals surface area (Å²) in [6, 6.07) is 0. The number of aryl methyl sites for hydroxylation is 1. The maximum Gasteiger partial charge on any atom is 0.109 e. The lowest BCUT2D eigenvalue weighted by Crippen LogP contribution is -2.25. The van der Waals surface area contributed by atoms with Crippen LogP contribution in [0.4, 0.5) is 0 Å². The summed E-state index contributed by atoms with van der Waals surface area (Å²) in [5.41, 5.74) is 2.83. The highest BCUT2D eigenvalue weighted by Gasteiger charge is 2.18. The van der Waals surface area contributed by atoms with E-state index in [4.69, 9.17) is 4.98 Å². The Balaban J connectivity index is 1.89. The number of aromatic nitrogens is 2. The lowest BCUT2D eigenvalue weighted by molar-refractivity contribution is 0.522. The zero-order valence-electron chi connectivity index (χ0n) is 13.4. The highest BCUT2D eigenvalue weighted by molar-refractivity contribution is 5.20. The van der Waals surface area contributed by atoms with E-state index < -0.39 is 0 Å². The summed E-state index contributed by atoms with van der Waals surface area (Å²) in [6.45, 7) is 7.80.